The van der Waals surface area contributed by atoms with Crippen molar-refractivity contribution in [1.29, 1.82) is 0 Å². The summed E-state index contributed by atoms with van der Waals surface area (Å²) >= 11 is 6.08. The van der Waals surface area contributed by atoms with Crippen LogP contribution in [0, 0.1) is 0 Å². The van der Waals surface area contributed by atoms with Crippen molar-refractivity contribution in [2.75, 3.05) is 7.05 Å². The number of benzene rings is 3. The van der Waals surface area contributed by atoms with Gasteiger partial charge in [0.2, 0.25) is 5.91 Å². The molecule has 0 saturated heterocycles. The Balaban J connectivity index is 1.74. The smallest absolute Gasteiger partial charge is 0.237 e. The molecular weight excluding hydrogens is 368 g/mol. The van der Waals surface area contributed by atoms with Gasteiger partial charge in [-0.05, 0) is 42.8 Å². The molecule has 0 spiro atoms. The van der Waals surface area contributed by atoms with E-state index in [1.165, 1.54) is 0 Å². The third kappa shape index (κ3) is 5.22. The minimum absolute atomic E-state index is 0.0118. The van der Waals surface area contributed by atoms with Crippen molar-refractivity contribution in [3.63, 3.8) is 0 Å². The molecular formula is C24H25ClN2O. The minimum atomic E-state index is -0.283. The lowest BCUT2D eigenvalue weighted by molar-refractivity contribution is -0.126. The molecule has 0 aromatic heterocycles. The highest BCUT2D eigenvalue weighted by atomic mass is 35.5. The highest BCUT2D eigenvalue weighted by Crippen LogP contribution is 2.22. The molecule has 1 amide bonds. The predicted molar refractivity (Wildman–Crippen MR) is 115 cm³/mol. The summed E-state index contributed by atoms with van der Waals surface area (Å²) in [6.45, 7) is 2.57. The van der Waals surface area contributed by atoms with Crippen LogP contribution in [0.1, 0.15) is 29.7 Å². The van der Waals surface area contributed by atoms with Gasteiger partial charge in [0.05, 0.1) is 12.1 Å². The zero-order valence-electron chi connectivity index (χ0n) is 16.2. The molecule has 0 heterocycles. The second-order valence-corrected chi connectivity index (χ2v) is 7.42. The summed E-state index contributed by atoms with van der Waals surface area (Å²) in [5.41, 5.74) is 3.20. The van der Waals surface area contributed by atoms with Crippen LogP contribution < -0.4 is 5.32 Å². The topological polar surface area (TPSA) is 32.3 Å². The number of rotatable bonds is 7. The van der Waals surface area contributed by atoms with Gasteiger partial charge in [0, 0.05) is 11.6 Å². The Labute approximate surface area is 172 Å². The highest BCUT2D eigenvalue weighted by Gasteiger charge is 2.23. The second kappa shape index (κ2) is 9.54. The Hall–Kier alpha value is -2.62. The molecule has 1 N–H and O–H groups in total. The van der Waals surface area contributed by atoms with Gasteiger partial charge in [-0.1, -0.05) is 84.4 Å². The van der Waals surface area contributed by atoms with E-state index in [-0.39, 0.29) is 18.0 Å². The Kier molecular flexibility index (Phi) is 6.85. The number of nitrogens with zero attached hydrogens (tertiary/aromatic N) is 1. The summed E-state index contributed by atoms with van der Waals surface area (Å²) in [6, 6.07) is 27.4. The molecule has 4 heteroatoms. The van der Waals surface area contributed by atoms with Crippen LogP contribution in [-0.2, 0) is 11.3 Å². The number of hydrogen-bond donors (Lipinski definition) is 1. The number of halogens is 1. The summed E-state index contributed by atoms with van der Waals surface area (Å²) < 4.78 is 0. The van der Waals surface area contributed by atoms with Crippen LogP contribution >= 0.6 is 11.6 Å². The Bertz CT molecular complexity index is 859. The van der Waals surface area contributed by atoms with Gasteiger partial charge >= 0.3 is 0 Å². The van der Waals surface area contributed by atoms with Gasteiger partial charge in [0.1, 0.15) is 0 Å². The predicted octanol–water partition coefficient (Wildman–Crippen LogP) is 5.07. The molecule has 0 aliphatic rings. The molecule has 1 atom stereocenters. The SMILES string of the molecule is CC(C(=O)NC(c1ccccc1)c1ccccc1)N(C)Cc1cccc(Cl)c1. The van der Waals surface area contributed by atoms with E-state index < -0.39 is 0 Å². The van der Waals surface area contributed by atoms with Crippen molar-refractivity contribution in [3.8, 4) is 0 Å². The molecule has 3 aromatic carbocycles. The first-order chi connectivity index (χ1) is 13.5. The Morgan fingerprint density at radius 2 is 1.50 bits per heavy atom. The lowest BCUT2D eigenvalue weighted by atomic mass is 9.98. The maximum absolute atomic E-state index is 13.0. The zero-order valence-corrected chi connectivity index (χ0v) is 16.9. The van der Waals surface area contributed by atoms with Gasteiger partial charge in [0.25, 0.3) is 0 Å². The number of carbonyl (C=O) groups excluding carboxylic acids is 1. The van der Waals surface area contributed by atoms with Crippen LogP contribution in [-0.4, -0.2) is 23.9 Å². The zero-order chi connectivity index (χ0) is 19.9. The second-order valence-electron chi connectivity index (χ2n) is 6.98. The third-order valence-corrected chi connectivity index (χ3v) is 5.15. The van der Waals surface area contributed by atoms with Gasteiger partial charge in [-0.15, -0.1) is 0 Å². The van der Waals surface area contributed by atoms with Crippen LogP contribution in [0.15, 0.2) is 84.9 Å². The average Bonchev–Trinajstić information content (AvgIpc) is 2.72. The van der Waals surface area contributed by atoms with E-state index in [9.17, 15) is 4.79 Å². The molecule has 3 nitrogen and oxygen atoms in total. The Morgan fingerprint density at radius 3 is 2.04 bits per heavy atom. The first kappa shape index (κ1) is 20.1. The number of likely N-dealkylation sites (N-methyl/N-ethyl adjacent to an activating group) is 1. The largest absolute Gasteiger partial charge is 0.344 e. The van der Waals surface area contributed by atoms with E-state index in [1.807, 2.05) is 104 Å². The molecule has 3 aromatic rings. The monoisotopic (exact) mass is 392 g/mol. The lowest BCUT2D eigenvalue weighted by Crippen LogP contribution is -2.44. The molecule has 0 aliphatic carbocycles. The number of hydrogen-bond acceptors (Lipinski definition) is 2. The third-order valence-electron chi connectivity index (χ3n) is 4.91. The maximum Gasteiger partial charge on any atom is 0.237 e. The van der Waals surface area contributed by atoms with Crippen LogP contribution in [0.2, 0.25) is 5.02 Å². The van der Waals surface area contributed by atoms with Crippen molar-refractivity contribution in [2.24, 2.45) is 0 Å². The van der Waals surface area contributed by atoms with Gasteiger partial charge in [-0.25, -0.2) is 0 Å². The molecule has 0 radical (unpaired) electrons. The fourth-order valence-corrected chi connectivity index (χ4v) is 3.39. The average molecular weight is 393 g/mol. The lowest BCUT2D eigenvalue weighted by Gasteiger charge is -2.27. The van der Waals surface area contributed by atoms with E-state index in [1.54, 1.807) is 0 Å². The van der Waals surface area contributed by atoms with Crippen molar-refractivity contribution in [1.82, 2.24) is 10.2 Å². The van der Waals surface area contributed by atoms with Crippen LogP contribution in [0.5, 0.6) is 0 Å². The molecule has 0 saturated carbocycles. The van der Waals surface area contributed by atoms with Crippen LogP contribution in [0.3, 0.4) is 0 Å². The molecule has 28 heavy (non-hydrogen) atoms. The van der Waals surface area contributed by atoms with Crippen molar-refractivity contribution in [3.05, 3.63) is 107 Å². The minimum Gasteiger partial charge on any atom is -0.344 e. The van der Waals surface area contributed by atoms with Crippen molar-refractivity contribution in [2.45, 2.75) is 25.6 Å². The van der Waals surface area contributed by atoms with E-state index in [4.69, 9.17) is 11.6 Å². The summed E-state index contributed by atoms with van der Waals surface area (Å²) in [5.74, 6) is -0.0118. The summed E-state index contributed by atoms with van der Waals surface area (Å²) in [6.07, 6.45) is 0. The van der Waals surface area contributed by atoms with E-state index >= 15 is 0 Å². The van der Waals surface area contributed by atoms with E-state index in [2.05, 4.69) is 5.32 Å². The fraction of sp³-hybridized carbons (Fsp3) is 0.208. The molecule has 0 fully saturated rings. The molecule has 144 valence electrons. The normalized spacial score (nSPS) is 12.2. The summed E-state index contributed by atoms with van der Waals surface area (Å²) in [7, 11) is 1.95. The van der Waals surface area contributed by atoms with Crippen molar-refractivity contribution < 1.29 is 4.79 Å². The van der Waals surface area contributed by atoms with Gasteiger partial charge in [0.15, 0.2) is 0 Å². The fourth-order valence-electron chi connectivity index (χ4n) is 3.17. The summed E-state index contributed by atoms with van der Waals surface area (Å²) in [5, 5.41) is 3.93. The summed E-state index contributed by atoms with van der Waals surface area (Å²) in [4.78, 5) is 15.0. The first-order valence-electron chi connectivity index (χ1n) is 9.39. The standard InChI is InChI=1S/C24H25ClN2O/c1-18(27(2)17-19-10-9-15-22(25)16-19)24(28)26-23(20-11-5-3-6-12-20)21-13-7-4-8-14-21/h3-16,18,23H,17H2,1-2H3,(H,26,28). The van der Waals surface area contributed by atoms with Gasteiger partial charge in [-0.3, -0.25) is 9.69 Å². The number of nitrogens with one attached hydrogen (secondary N) is 1. The Morgan fingerprint density at radius 1 is 0.929 bits per heavy atom. The van der Waals surface area contributed by atoms with Gasteiger partial charge < -0.3 is 5.32 Å². The van der Waals surface area contributed by atoms with Crippen molar-refractivity contribution >= 4 is 17.5 Å². The molecule has 0 aliphatic heterocycles. The molecule has 1 unspecified atom stereocenters. The number of carbonyl (C=O) groups is 1. The van der Waals surface area contributed by atoms with Crippen LogP contribution in [0.25, 0.3) is 0 Å². The van der Waals surface area contributed by atoms with Gasteiger partial charge in [-0.2, -0.15) is 0 Å². The quantitative estimate of drug-likeness (QED) is 0.609. The maximum atomic E-state index is 13.0. The number of amides is 1. The van der Waals surface area contributed by atoms with E-state index in [0.717, 1.165) is 16.7 Å². The molecule has 3 rings (SSSR count). The highest BCUT2D eigenvalue weighted by molar-refractivity contribution is 6.30. The van der Waals surface area contributed by atoms with Crippen LogP contribution in [0.4, 0.5) is 0 Å². The molecule has 0 bridgehead atoms. The first-order valence-corrected chi connectivity index (χ1v) is 9.77. The van der Waals surface area contributed by atoms with E-state index in [0.29, 0.717) is 11.6 Å².